The molecule has 0 saturated carbocycles. The number of nitrogens with one attached hydrogen (secondary N) is 2. The molecular formula is C17H27N3O3. The van der Waals surface area contributed by atoms with Gasteiger partial charge >= 0.3 is 6.09 Å². The van der Waals surface area contributed by atoms with E-state index >= 15 is 0 Å². The van der Waals surface area contributed by atoms with E-state index in [9.17, 15) is 9.59 Å². The molecule has 0 saturated heterocycles. The van der Waals surface area contributed by atoms with Crippen LogP contribution in [0.2, 0.25) is 0 Å². The molecule has 6 heteroatoms. The third kappa shape index (κ3) is 8.21. The largest absolute Gasteiger partial charge is 0.444 e. The summed E-state index contributed by atoms with van der Waals surface area (Å²) < 4.78 is 5.27. The summed E-state index contributed by atoms with van der Waals surface area (Å²) in [4.78, 5) is 23.6. The van der Waals surface area contributed by atoms with E-state index in [0.29, 0.717) is 6.42 Å². The van der Waals surface area contributed by atoms with E-state index in [1.165, 1.54) is 0 Å². The molecule has 0 aromatic heterocycles. The van der Waals surface area contributed by atoms with Gasteiger partial charge in [-0.15, -0.1) is 0 Å². The Morgan fingerprint density at radius 1 is 1.22 bits per heavy atom. The van der Waals surface area contributed by atoms with Crippen molar-refractivity contribution in [1.29, 1.82) is 0 Å². The second-order valence-electron chi connectivity index (χ2n) is 6.57. The van der Waals surface area contributed by atoms with Gasteiger partial charge in [0.25, 0.3) is 0 Å². The first-order valence-corrected chi connectivity index (χ1v) is 7.74. The van der Waals surface area contributed by atoms with Crippen LogP contribution in [-0.4, -0.2) is 36.2 Å². The number of ether oxygens (including phenoxy) is 1. The molecular weight excluding hydrogens is 294 g/mol. The first kappa shape index (κ1) is 19.0. The lowest BCUT2D eigenvalue weighted by atomic mass is 10.1. The summed E-state index contributed by atoms with van der Waals surface area (Å²) in [6.07, 6.45) is 0.0766. The Bertz CT molecular complexity index is 510. The molecule has 128 valence electrons. The number of hydrogen-bond acceptors (Lipinski definition) is 4. The molecule has 0 heterocycles. The number of alkyl carbamates (subject to hydrolysis) is 1. The second-order valence-corrected chi connectivity index (χ2v) is 6.57. The van der Waals surface area contributed by atoms with Crippen LogP contribution in [-0.2, 0) is 16.0 Å². The summed E-state index contributed by atoms with van der Waals surface area (Å²) in [5, 5.41) is 5.54. The highest BCUT2D eigenvalue weighted by molar-refractivity contribution is 5.81. The Morgan fingerprint density at radius 3 is 2.35 bits per heavy atom. The molecule has 0 aliphatic rings. The van der Waals surface area contributed by atoms with Gasteiger partial charge in [0, 0.05) is 6.54 Å². The maximum absolute atomic E-state index is 12.0. The van der Waals surface area contributed by atoms with Gasteiger partial charge in [0.1, 0.15) is 5.60 Å². The van der Waals surface area contributed by atoms with Gasteiger partial charge in [0.2, 0.25) is 5.91 Å². The molecule has 0 fully saturated rings. The topological polar surface area (TPSA) is 93.5 Å². The standard InChI is InChI=1S/C17H27N3O3/c1-12(18)15(21)19-11-14(10-13-8-6-5-7-9-13)20-16(22)23-17(2,3)4/h5-9,12,14H,10-11,18H2,1-4H3,(H,19,21)(H,20,22)/t12?,14-/m0/s1. The molecule has 2 amide bonds. The van der Waals surface area contributed by atoms with Crippen molar-refractivity contribution >= 4 is 12.0 Å². The predicted molar refractivity (Wildman–Crippen MR) is 90.0 cm³/mol. The molecule has 1 unspecified atom stereocenters. The predicted octanol–water partition coefficient (Wildman–Crippen LogP) is 1.59. The van der Waals surface area contributed by atoms with Crippen LogP contribution in [0.15, 0.2) is 30.3 Å². The van der Waals surface area contributed by atoms with Crippen LogP contribution in [0.1, 0.15) is 33.3 Å². The van der Waals surface area contributed by atoms with Gasteiger partial charge in [-0.25, -0.2) is 4.79 Å². The SMILES string of the molecule is CC(N)C(=O)NC[C@H](Cc1ccccc1)NC(=O)OC(C)(C)C. The molecule has 0 radical (unpaired) electrons. The van der Waals surface area contributed by atoms with Gasteiger partial charge in [-0.2, -0.15) is 0 Å². The second kappa shape index (κ2) is 8.53. The molecule has 0 bridgehead atoms. The maximum Gasteiger partial charge on any atom is 0.407 e. The molecule has 6 nitrogen and oxygen atoms in total. The van der Waals surface area contributed by atoms with Crippen molar-refractivity contribution in [2.75, 3.05) is 6.54 Å². The fourth-order valence-corrected chi connectivity index (χ4v) is 1.93. The van der Waals surface area contributed by atoms with Crippen LogP contribution in [0, 0.1) is 0 Å². The van der Waals surface area contributed by atoms with Crippen molar-refractivity contribution < 1.29 is 14.3 Å². The van der Waals surface area contributed by atoms with Crippen molar-refractivity contribution in [2.45, 2.75) is 51.8 Å². The Labute approximate surface area is 137 Å². The van der Waals surface area contributed by atoms with Gasteiger partial charge in [-0.05, 0) is 39.7 Å². The monoisotopic (exact) mass is 321 g/mol. The Morgan fingerprint density at radius 2 is 1.83 bits per heavy atom. The van der Waals surface area contributed by atoms with E-state index in [1.807, 2.05) is 30.3 Å². The fraction of sp³-hybridized carbons (Fsp3) is 0.529. The Hall–Kier alpha value is -2.08. The van der Waals surface area contributed by atoms with E-state index < -0.39 is 17.7 Å². The number of carbonyl (C=O) groups excluding carboxylic acids is 2. The molecule has 1 aromatic carbocycles. The van der Waals surface area contributed by atoms with E-state index in [4.69, 9.17) is 10.5 Å². The Balaban J connectivity index is 2.67. The first-order valence-electron chi connectivity index (χ1n) is 7.74. The number of amides is 2. The molecule has 23 heavy (non-hydrogen) atoms. The van der Waals surface area contributed by atoms with E-state index in [0.717, 1.165) is 5.56 Å². The van der Waals surface area contributed by atoms with Crippen molar-refractivity contribution in [3.63, 3.8) is 0 Å². The summed E-state index contributed by atoms with van der Waals surface area (Å²) in [7, 11) is 0. The number of benzene rings is 1. The van der Waals surface area contributed by atoms with Crippen LogP contribution in [0.25, 0.3) is 0 Å². The van der Waals surface area contributed by atoms with E-state index in [-0.39, 0.29) is 18.5 Å². The van der Waals surface area contributed by atoms with Crippen molar-refractivity contribution in [1.82, 2.24) is 10.6 Å². The van der Waals surface area contributed by atoms with Gasteiger partial charge in [0.15, 0.2) is 0 Å². The van der Waals surface area contributed by atoms with Crippen molar-refractivity contribution in [2.24, 2.45) is 5.73 Å². The summed E-state index contributed by atoms with van der Waals surface area (Å²) in [6.45, 7) is 7.31. The minimum Gasteiger partial charge on any atom is -0.444 e. The molecule has 0 aliphatic carbocycles. The molecule has 1 rings (SSSR count). The zero-order valence-electron chi connectivity index (χ0n) is 14.3. The number of carbonyl (C=O) groups is 2. The molecule has 0 aliphatic heterocycles. The van der Waals surface area contributed by atoms with Crippen LogP contribution >= 0.6 is 0 Å². The molecule has 1 aromatic rings. The Kier molecular flexibility index (Phi) is 7.03. The zero-order valence-corrected chi connectivity index (χ0v) is 14.3. The maximum atomic E-state index is 12.0. The van der Waals surface area contributed by atoms with E-state index in [1.54, 1.807) is 27.7 Å². The van der Waals surface area contributed by atoms with Crippen LogP contribution < -0.4 is 16.4 Å². The summed E-state index contributed by atoms with van der Waals surface area (Å²) in [5.74, 6) is -0.256. The van der Waals surface area contributed by atoms with E-state index in [2.05, 4.69) is 10.6 Å². The third-order valence-corrected chi connectivity index (χ3v) is 2.98. The number of nitrogens with two attached hydrogens (primary N) is 1. The van der Waals surface area contributed by atoms with Crippen LogP contribution in [0.5, 0.6) is 0 Å². The van der Waals surface area contributed by atoms with Crippen LogP contribution in [0.4, 0.5) is 4.79 Å². The summed E-state index contributed by atoms with van der Waals surface area (Å²) in [6, 6.07) is 8.86. The highest BCUT2D eigenvalue weighted by Crippen LogP contribution is 2.08. The highest BCUT2D eigenvalue weighted by Gasteiger charge is 2.20. The number of rotatable bonds is 6. The lowest BCUT2D eigenvalue weighted by molar-refractivity contribution is -0.122. The molecule has 0 spiro atoms. The zero-order chi connectivity index (χ0) is 17.5. The van der Waals surface area contributed by atoms with Crippen LogP contribution in [0.3, 0.4) is 0 Å². The van der Waals surface area contributed by atoms with Gasteiger partial charge in [0.05, 0.1) is 12.1 Å². The molecule has 4 N–H and O–H groups in total. The average molecular weight is 321 g/mol. The highest BCUT2D eigenvalue weighted by atomic mass is 16.6. The minimum atomic E-state index is -0.589. The van der Waals surface area contributed by atoms with Gasteiger partial charge in [-0.3, -0.25) is 4.79 Å². The summed E-state index contributed by atoms with van der Waals surface area (Å²) in [5.41, 5.74) is 6.02. The summed E-state index contributed by atoms with van der Waals surface area (Å²) >= 11 is 0. The van der Waals surface area contributed by atoms with Crippen molar-refractivity contribution in [3.05, 3.63) is 35.9 Å². The smallest absolute Gasteiger partial charge is 0.407 e. The fourth-order valence-electron chi connectivity index (χ4n) is 1.93. The van der Waals surface area contributed by atoms with Crippen molar-refractivity contribution in [3.8, 4) is 0 Å². The van der Waals surface area contributed by atoms with Gasteiger partial charge in [-0.1, -0.05) is 30.3 Å². The molecule has 2 atom stereocenters. The quantitative estimate of drug-likeness (QED) is 0.741. The minimum absolute atomic E-state index is 0.256. The normalized spacial score (nSPS) is 13.8. The average Bonchev–Trinajstić information content (AvgIpc) is 2.43. The first-order chi connectivity index (χ1) is 10.7. The third-order valence-electron chi connectivity index (χ3n) is 2.98. The van der Waals surface area contributed by atoms with Gasteiger partial charge < -0.3 is 21.1 Å². The number of hydrogen-bond donors (Lipinski definition) is 3. The lowest BCUT2D eigenvalue weighted by Gasteiger charge is -2.24. The lowest BCUT2D eigenvalue weighted by Crippen LogP contribution is -2.49.